The van der Waals surface area contributed by atoms with Crippen LogP contribution in [-0.4, -0.2) is 35.9 Å². The number of rotatable bonds is 1. The van der Waals surface area contributed by atoms with E-state index in [0.717, 1.165) is 32.1 Å². The molecule has 104 valence electrons. The van der Waals surface area contributed by atoms with Gasteiger partial charge in [-0.3, -0.25) is 0 Å². The lowest BCUT2D eigenvalue weighted by Gasteiger charge is -2.37. The summed E-state index contributed by atoms with van der Waals surface area (Å²) in [7, 11) is 0. The van der Waals surface area contributed by atoms with E-state index in [4.69, 9.17) is 0 Å². The van der Waals surface area contributed by atoms with Gasteiger partial charge in [0.1, 0.15) is 0 Å². The zero-order valence-corrected chi connectivity index (χ0v) is 10.3. The average molecular weight is 272 g/mol. The maximum atomic E-state index is 12.5. The van der Waals surface area contributed by atoms with Gasteiger partial charge in [-0.15, -0.1) is 10.2 Å². The topological polar surface area (TPSA) is 41.0 Å². The Morgan fingerprint density at radius 2 is 2.05 bits per heavy atom. The van der Waals surface area contributed by atoms with Crippen molar-refractivity contribution in [3.05, 3.63) is 17.8 Å². The molecule has 2 aliphatic rings. The highest BCUT2D eigenvalue weighted by Crippen LogP contribution is 2.31. The van der Waals surface area contributed by atoms with Crippen molar-refractivity contribution in [2.45, 2.75) is 25.1 Å². The van der Waals surface area contributed by atoms with Crippen molar-refractivity contribution in [3.8, 4) is 0 Å². The Balaban J connectivity index is 1.82. The number of fused-ring (bicyclic) bond motifs is 1. The predicted octanol–water partition coefficient (Wildman–Crippen LogP) is 1.68. The fraction of sp³-hybridized carbons (Fsp3) is 0.667. The summed E-state index contributed by atoms with van der Waals surface area (Å²) in [6.07, 6.45) is -2.21. The van der Waals surface area contributed by atoms with Crippen LogP contribution in [0.1, 0.15) is 18.5 Å². The largest absolute Gasteiger partial charge is 0.435 e. The molecule has 3 rings (SSSR count). The lowest BCUT2D eigenvalue weighted by Crippen LogP contribution is -2.45. The van der Waals surface area contributed by atoms with Gasteiger partial charge < -0.3 is 10.2 Å². The summed E-state index contributed by atoms with van der Waals surface area (Å²) < 4.78 is 37.4. The van der Waals surface area contributed by atoms with Gasteiger partial charge in [0.05, 0.1) is 0 Å². The third-order valence-electron chi connectivity index (χ3n) is 3.91. The number of anilines is 1. The second kappa shape index (κ2) is 4.63. The van der Waals surface area contributed by atoms with E-state index in [1.54, 1.807) is 0 Å². The molecule has 0 bridgehead atoms. The third kappa shape index (κ3) is 2.39. The van der Waals surface area contributed by atoms with Crippen LogP contribution < -0.4 is 10.2 Å². The molecule has 0 aliphatic carbocycles. The molecule has 2 unspecified atom stereocenters. The van der Waals surface area contributed by atoms with Gasteiger partial charge in [-0.1, -0.05) is 0 Å². The van der Waals surface area contributed by atoms with Crippen molar-refractivity contribution >= 4 is 5.82 Å². The van der Waals surface area contributed by atoms with Crippen molar-refractivity contribution in [2.75, 3.05) is 24.5 Å². The molecule has 0 aromatic carbocycles. The maximum absolute atomic E-state index is 12.5. The average Bonchev–Trinajstić information content (AvgIpc) is 2.86. The van der Waals surface area contributed by atoms with E-state index in [1.165, 1.54) is 12.5 Å². The van der Waals surface area contributed by atoms with Gasteiger partial charge in [-0.25, -0.2) is 0 Å². The number of alkyl halides is 3. The molecule has 4 nitrogen and oxygen atoms in total. The molecule has 0 saturated carbocycles. The fourth-order valence-corrected chi connectivity index (χ4v) is 2.98. The monoisotopic (exact) mass is 272 g/mol. The number of hydrogen-bond donors (Lipinski definition) is 1. The standard InChI is InChI=1S/C12H15F3N4/c13-12(14,15)10-3-4-11(18-17-10)19-5-1-2-8-6-16-7-9(8)19/h3-4,8-9,16H,1-2,5-7H2. The normalized spacial score (nSPS) is 27.4. The molecule has 0 radical (unpaired) electrons. The van der Waals surface area contributed by atoms with Crippen LogP contribution >= 0.6 is 0 Å². The minimum atomic E-state index is -4.43. The Hall–Kier alpha value is -1.37. The Labute approximate surface area is 109 Å². The zero-order valence-electron chi connectivity index (χ0n) is 10.3. The van der Waals surface area contributed by atoms with Gasteiger partial charge >= 0.3 is 6.18 Å². The smallest absolute Gasteiger partial charge is 0.351 e. The van der Waals surface area contributed by atoms with Crippen molar-refractivity contribution in [3.63, 3.8) is 0 Å². The van der Waals surface area contributed by atoms with Gasteiger partial charge in [0.2, 0.25) is 0 Å². The predicted molar refractivity (Wildman–Crippen MR) is 63.8 cm³/mol. The summed E-state index contributed by atoms with van der Waals surface area (Å²) in [6.45, 7) is 2.69. The first kappa shape index (κ1) is 12.7. The van der Waals surface area contributed by atoms with Crippen LogP contribution in [-0.2, 0) is 6.18 Å². The molecule has 19 heavy (non-hydrogen) atoms. The van der Waals surface area contributed by atoms with Crippen molar-refractivity contribution < 1.29 is 13.2 Å². The summed E-state index contributed by atoms with van der Waals surface area (Å²) in [5.74, 6) is 1.12. The first-order chi connectivity index (χ1) is 9.05. The minimum Gasteiger partial charge on any atom is -0.351 e. The summed E-state index contributed by atoms with van der Waals surface area (Å²) in [4.78, 5) is 2.08. The first-order valence-electron chi connectivity index (χ1n) is 6.44. The Bertz CT molecular complexity index is 445. The SMILES string of the molecule is FC(F)(F)c1ccc(N2CCCC3CNCC32)nn1. The van der Waals surface area contributed by atoms with Gasteiger partial charge in [0.15, 0.2) is 11.5 Å². The van der Waals surface area contributed by atoms with E-state index in [-0.39, 0.29) is 0 Å². The van der Waals surface area contributed by atoms with Crippen LogP contribution in [0, 0.1) is 5.92 Å². The van der Waals surface area contributed by atoms with Gasteiger partial charge in [0.25, 0.3) is 0 Å². The van der Waals surface area contributed by atoms with Crippen LogP contribution in [0.4, 0.5) is 19.0 Å². The van der Waals surface area contributed by atoms with E-state index in [0.29, 0.717) is 17.8 Å². The number of nitrogens with one attached hydrogen (secondary N) is 1. The van der Waals surface area contributed by atoms with E-state index < -0.39 is 11.9 Å². The molecule has 2 saturated heterocycles. The molecular weight excluding hydrogens is 257 g/mol. The first-order valence-corrected chi connectivity index (χ1v) is 6.44. The number of nitrogens with zero attached hydrogens (tertiary/aromatic N) is 3. The summed E-state index contributed by atoms with van der Waals surface area (Å²) in [6, 6.07) is 2.77. The third-order valence-corrected chi connectivity index (χ3v) is 3.91. The lowest BCUT2D eigenvalue weighted by molar-refractivity contribution is -0.141. The number of hydrogen-bond acceptors (Lipinski definition) is 4. The highest BCUT2D eigenvalue weighted by Gasteiger charge is 2.37. The van der Waals surface area contributed by atoms with Crippen molar-refractivity contribution in [2.24, 2.45) is 5.92 Å². The molecule has 1 aromatic rings. The molecule has 2 atom stereocenters. The van der Waals surface area contributed by atoms with Crippen LogP contribution in [0.3, 0.4) is 0 Å². The van der Waals surface area contributed by atoms with Crippen LogP contribution in [0.15, 0.2) is 12.1 Å². The van der Waals surface area contributed by atoms with Gasteiger partial charge in [0, 0.05) is 25.7 Å². The second-order valence-corrected chi connectivity index (χ2v) is 5.10. The molecule has 3 heterocycles. The van der Waals surface area contributed by atoms with Gasteiger partial charge in [-0.2, -0.15) is 13.2 Å². The van der Waals surface area contributed by atoms with Crippen LogP contribution in [0.5, 0.6) is 0 Å². The van der Waals surface area contributed by atoms with Gasteiger partial charge in [-0.05, 0) is 30.9 Å². The molecule has 0 amide bonds. The van der Waals surface area contributed by atoms with Crippen LogP contribution in [0.2, 0.25) is 0 Å². The Morgan fingerprint density at radius 3 is 2.74 bits per heavy atom. The molecule has 0 spiro atoms. The highest BCUT2D eigenvalue weighted by molar-refractivity contribution is 5.40. The molecule has 2 aliphatic heterocycles. The molecule has 7 heteroatoms. The highest BCUT2D eigenvalue weighted by atomic mass is 19.4. The summed E-state index contributed by atoms with van der Waals surface area (Å²) in [5, 5.41) is 10.4. The van der Waals surface area contributed by atoms with Crippen molar-refractivity contribution in [1.82, 2.24) is 15.5 Å². The number of aromatic nitrogens is 2. The van der Waals surface area contributed by atoms with E-state index >= 15 is 0 Å². The second-order valence-electron chi connectivity index (χ2n) is 5.10. The Morgan fingerprint density at radius 1 is 1.21 bits per heavy atom. The van der Waals surface area contributed by atoms with E-state index in [2.05, 4.69) is 20.4 Å². The summed E-state index contributed by atoms with van der Waals surface area (Å²) >= 11 is 0. The molecular formula is C12H15F3N4. The number of halogens is 3. The summed E-state index contributed by atoms with van der Waals surface area (Å²) in [5.41, 5.74) is -0.936. The van der Waals surface area contributed by atoms with E-state index in [9.17, 15) is 13.2 Å². The fourth-order valence-electron chi connectivity index (χ4n) is 2.98. The molecule has 2 fully saturated rings. The van der Waals surface area contributed by atoms with Crippen LogP contribution in [0.25, 0.3) is 0 Å². The zero-order chi connectivity index (χ0) is 13.5. The molecule has 1 aromatic heterocycles. The Kier molecular flexibility index (Phi) is 3.08. The van der Waals surface area contributed by atoms with E-state index in [1.807, 2.05) is 0 Å². The maximum Gasteiger partial charge on any atom is 0.435 e. The van der Waals surface area contributed by atoms with Crippen molar-refractivity contribution in [1.29, 1.82) is 0 Å². The lowest BCUT2D eigenvalue weighted by atomic mass is 9.92. The quantitative estimate of drug-likeness (QED) is 0.844. The molecule has 1 N–H and O–H groups in total. The minimum absolute atomic E-state index is 0.333. The number of piperidine rings is 1.